The SMILES string of the molecule is CC(C)=CCC/C(C)=C/CC[C@@]1(C)O[C@@H]1Cc1c[nH]c(N(O)O)c1. The predicted molar refractivity (Wildman–Crippen MR) is 95.5 cm³/mol. The van der Waals surface area contributed by atoms with Gasteiger partial charge in [0.05, 0.1) is 11.7 Å². The lowest BCUT2D eigenvalue weighted by atomic mass is 9.96. The molecule has 0 saturated carbocycles. The van der Waals surface area contributed by atoms with Crippen LogP contribution in [0.5, 0.6) is 0 Å². The molecule has 2 atom stereocenters. The first-order chi connectivity index (χ1) is 11.3. The maximum absolute atomic E-state index is 8.97. The molecule has 1 fully saturated rings. The summed E-state index contributed by atoms with van der Waals surface area (Å²) in [7, 11) is 0. The molecule has 3 N–H and O–H groups in total. The molecule has 1 aromatic heterocycles. The number of nitrogens with zero attached hydrogens (tertiary/aromatic N) is 1. The van der Waals surface area contributed by atoms with Gasteiger partial charge in [0.1, 0.15) is 0 Å². The monoisotopic (exact) mass is 334 g/mol. The van der Waals surface area contributed by atoms with Crippen LogP contribution >= 0.6 is 0 Å². The lowest BCUT2D eigenvalue weighted by molar-refractivity contribution is 0.0270. The van der Waals surface area contributed by atoms with Crippen LogP contribution in [0.25, 0.3) is 0 Å². The summed E-state index contributed by atoms with van der Waals surface area (Å²) in [5.74, 6) is 0.266. The van der Waals surface area contributed by atoms with E-state index in [2.05, 4.69) is 44.8 Å². The van der Waals surface area contributed by atoms with Crippen LogP contribution in [-0.2, 0) is 11.2 Å². The third-order valence-electron chi connectivity index (χ3n) is 4.62. The van der Waals surface area contributed by atoms with E-state index in [1.54, 1.807) is 12.3 Å². The van der Waals surface area contributed by atoms with Gasteiger partial charge in [0.15, 0.2) is 5.82 Å². The normalized spacial score (nSPS) is 23.2. The third kappa shape index (κ3) is 5.51. The first kappa shape index (κ1) is 18.8. The van der Waals surface area contributed by atoms with Crippen LogP contribution in [0, 0.1) is 0 Å². The number of hydrogen-bond donors (Lipinski definition) is 3. The molecule has 5 nitrogen and oxygen atoms in total. The summed E-state index contributed by atoms with van der Waals surface area (Å²) >= 11 is 0. The standard InChI is InChI=1S/C19H30N2O3/c1-14(2)7-5-8-15(3)9-6-10-19(4)17(24-19)11-16-12-18(20-13-16)21(22)23/h7,9,12-13,17,20,22-23H,5-6,8,10-11H2,1-4H3/b15-9+/t17-,19-/m1/s1. The Hall–Kier alpha value is -1.56. The number of ether oxygens (including phenoxy) is 1. The number of aromatic amines is 1. The molecule has 24 heavy (non-hydrogen) atoms. The fourth-order valence-corrected chi connectivity index (χ4v) is 2.94. The molecule has 134 valence electrons. The van der Waals surface area contributed by atoms with Gasteiger partial charge in [0, 0.05) is 12.6 Å². The van der Waals surface area contributed by atoms with Crippen LogP contribution in [-0.4, -0.2) is 27.1 Å². The summed E-state index contributed by atoms with van der Waals surface area (Å²) in [6, 6.07) is 1.72. The zero-order valence-corrected chi connectivity index (χ0v) is 15.2. The maximum atomic E-state index is 8.97. The Kier molecular flexibility index (Phi) is 6.27. The van der Waals surface area contributed by atoms with Gasteiger partial charge in [-0.15, -0.1) is 5.23 Å². The number of nitrogens with one attached hydrogen (secondary N) is 1. The zero-order valence-electron chi connectivity index (χ0n) is 15.2. The van der Waals surface area contributed by atoms with Gasteiger partial charge in [0.2, 0.25) is 0 Å². The molecular formula is C19H30N2O3. The van der Waals surface area contributed by atoms with E-state index in [1.165, 1.54) is 11.1 Å². The third-order valence-corrected chi connectivity index (χ3v) is 4.62. The largest absolute Gasteiger partial charge is 0.366 e. The molecule has 1 aliphatic heterocycles. The van der Waals surface area contributed by atoms with Crippen LogP contribution in [0.15, 0.2) is 35.6 Å². The number of hydrogen-bond acceptors (Lipinski definition) is 4. The maximum Gasteiger partial charge on any atom is 0.161 e. The van der Waals surface area contributed by atoms with E-state index in [0.29, 0.717) is 0 Å². The van der Waals surface area contributed by atoms with Crippen molar-refractivity contribution < 1.29 is 15.2 Å². The summed E-state index contributed by atoms with van der Waals surface area (Å²) in [6.07, 6.45) is 11.7. The predicted octanol–water partition coefficient (Wildman–Crippen LogP) is 4.77. The van der Waals surface area contributed by atoms with Crippen LogP contribution < -0.4 is 5.23 Å². The van der Waals surface area contributed by atoms with Gasteiger partial charge >= 0.3 is 0 Å². The molecule has 0 radical (unpaired) electrons. The molecule has 0 aromatic carbocycles. The fourth-order valence-electron chi connectivity index (χ4n) is 2.94. The quantitative estimate of drug-likeness (QED) is 0.345. The van der Waals surface area contributed by atoms with Gasteiger partial charge in [-0.05, 0) is 65.0 Å². The van der Waals surface area contributed by atoms with Crippen LogP contribution in [0.3, 0.4) is 0 Å². The highest BCUT2D eigenvalue weighted by Gasteiger charge is 2.50. The number of anilines is 1. The van der Waals surface area contributed by atoms with E-state index in [1.807, 2.05) is 0 Å². The van der Waals surface area contributed by atoms with Gasteiger partial charge in [-0.25, -0.2) is 0 Å². The van der Waals surface area contributed by atoms with E-state index in [-0.39, 0.29) is 22.7 Å². The van der Waals surface area contributed by atoms with Crippen molar-refractivity contribution in [2.24, 2.45) is 0 Å². The highest BCUT2D eigenvalue weighted by molar-refractivity contribution is 5.37. The van der Waals surface area contributed by atoms with Crippen molar-refractivity contribution in [1.29, 1.82) is 0 Å². The number of allylic oxidation sites excluding steroid dienone is 4. The molecular weight excluding hydrogens is 304 g/mol. The molecule has 2 heterocycles. The number of epoxide rings is 1. The van der Waals surface area contributed by atoms with Crippen LogP contribution in [0.2, 0.25) is 0 Å². The van der Waals surface area contributed by atoms with E-state index in [9.17, 15) is 0 Å². The lowest BCUT2D eigenvalue weighted by Crippen LogP contribution is -2.11. The Morgan fingerprint density at radius 2 is 2.04 bits per heavy atom. The van der Waals surface area contributed by atoms with Crippen molar-refractivity contribution in [3.8, 4) is 0 Å². The van der Waals surface area contributed by atoms with Gasteiger partial charge in [-0.3, -0.25) is 10.4 Å². The topological polar surface area (TPSA) is 72.0 Å². The molecule has 2 rings (SSSR count). The molecule has 0 unspecified atom stereocenters. The summed E-state index contributed by atoms with van der Waals surface area (Å²) in [6.45, 7) is 8.62. The number of rotatable bonds is 9. The van der Waals surface area contributed by atoms with Crippen molar-refractivity contribution in [2.75, 3.05) is 5.23 Å². The van der Waals surface area contributed by atoms with Gasteiger partial charge in [0.25, 0.3) is 0 Å². The fraction of sp³-hybridized carbons (Fsp3) is 0.579. The second-order valence-electron chi connectivity index (χ2n) is 7.22. The second kappa shape index (κ2) is 8.01. The molecule has 5 heteroatoms. The molecule has 0 aliphatic carbocycles. The Morgan fingerprint density at radius 3 is 2.67 bits per heavy atom. The van der Waals surface area contributed by atoms with Crippen molar-refractivity contribution in [1.82, 2.24) is 4.98 Å². The molecule has 0 spiro atoms. The van der Waals surface area contributed by atoms with Gasteiger partial charge in [-0.1, -0.05) is 23.3 Å². The van der Waals surface area contributed by atoms with Crippen molar-refractivity contribution in [3.63, 3.8) is 0 Å². The highest BCUT2D eigenvalue weighted by atomic mass is 16.8. The van der Waals surface area contributed by atoms with Crippen molar-refractivity contribution in [3.05, 3.63) is 41.1 Å². The molecule has 1 aromatic rings. The number of aromatic nitrogens is 1. The molecule has 1 saturated heterocycles. The van der Waals surface area contributed by atoms with Crippen LogP contribution in [0.4, 0.5) is 5.82 Å². The van der Waals surface area contributed by atoms with Crippen molar-refractivity contribution in [2.45, 2.75) is 71.5 Å². The second-order valence-corrected chi connectivity index (χ2v) is 7.22. The zero-order chi connectivity index (χ0) is 17.7. The average molecular weight is 334 g/mol. The molecule has 0 bridgehead atoms. The van der Waals surface area contributed by atoms with E-state index in [0.717, 1.165) is 37.7 Å². The van der Waals surface area contributed by atoms with Gasteiger partial charge in [-0.2, -0.15) is 0 Å². The number of H-pyrrole nitrogens is 1. The Bertz CT molecular complexity index is 600. The molecule has 1 aliphatic rings. The Labute approximate surface area is 144 Å². The average Bonchev–Trinajstić information content (AvgIpc) is 2.91. The first-order valence-electron chi connectivity index (χ1n) is 8.62. The summed E-state index contributed by atoms with van der Waals surface area (Å²) in [5.41, 5.74) is 3.77. The Balaban J connectivity index is 1.73. The minimum Gasteiger partial charge on any atom is -0.366 e. The molecule has 0 amide bonds. The lowest BCUT2D eigenvalue weighted by Gasteiger charge is -2.05. The van der Waals surface area contributed by atoms with Crippen molar-refractivity contribution >= 4 is 5.82 Å². The minimum atomic E-state index is -0.0633. The minimum absolute atomic E-state index is 0.0633. The van der Waals surface area contributed by atoms with E-state index < -0.39 is 0 Å². The summed E-state index contributed by atoms with van der Waals surface area (Å²) in [4.78, 5) is 2.81. The highest BCUT2D eigenvalue weighted by Crippen LogP contribution is 2.42. The van der Waals surface area contributed by atoms with Crippen LogP contribution in [0.1, 0.15) is 58.9 Å². The van der Waals surface area contributed by atoms with E-state index in [4.69, 9.17) is 15.2 Å². The van der Waals surface area contributed by atoms with E-state index >= 15 is 0 Å². The van der Waals surface area contributed by atoms with Gasteiger partial charge < -0.3 is 9.72 Å². The summed E-state index contributed by atoms with van der Waals surface area (Å²) in [5, 5.41) is 18.0. The Morgan fingerprint density at radius 1 is 1.29 bits per heavy atom. The summed E-state index contributed by atoms with van der Waals surface area (Å²) < 4.78 is 5.88. The smallest absolute Gasteiger partial charge is 0.161 e. The first-order valence-corrected chi connectivity index (χ1v) is 8.62.